The molecule has 2 aliphatic heterocycles. The van der Waals surface area contributed by atoms with Crippen molar-refractivity contribution in [1.29, 1.82) is 0 Å². The fourth-order valence-electron chi connectivity index (χ4n) is 11.5. The molecule has 5 nitrogen and oxygen atoms in total. The summed E-state index contributed by atoms with van der Waals surface area (Å²) in [5, 5.41) is 5.09. The summed E-state index contributed by atoms with van der Waals surface area (Å²) in [7, 11) is 0. The SMILES string of the molecule is CC(C)(C)c1ccnc(-n2c3[c-]c(Oc4[c-]c(-n5[c-][n+]6c7c(cccc75)-c5ccccc5-c5ccccc5-c5cccc(-c7cc[c]8[c](c7)[Ge]([CH3])([CH3])[CH2][CH2][Ge]8([CH3])[CH3])c5-6)ccc4)ccc3c3ccccc32)c1.[Pt]. The number of imidazole rings is 1. The summed E-state index contributed by atoms with van der Waals surface area (Å²) in [6.07, 6.45) is 5.89. The van der Waals surface area contributed by atoms with Crippen molar-refractivity contribution < 1.29 is 30.4 Å². The molecule has 2 aliphatic rings. The third-order valence-corrected chi connectivity index (χ3v) is 32.9. The number of aromatic nitrogens is 4. The molecule has 5 heterocycles. The molecular weight excluding hydrogens is 1180 g/mol. The van der Waals surface area contributed by atoms with E-state index in [9.17, 15) is 0 Å². The normalized spacial score (nSPS) is 14.3. The molecule has 13 rings (SSSR count). The molecule has 0 aliphatic carbocycles. The predicted molar refractivity (Wildman–Crippen MR) is 298 cm³/mol. The Morgan fingerprint density at radius 1 is 0.556 bits per heavy atom. The second kappa shape index (κ2) is 17.5. The van der Waals surface area contributed by atoms with E-state index in [-0.39, 0.29) is 26.5 Å². The van der Waals surface area contributed by atoms with Gasteiger partial charge in [0, 0.05) is 38.5 Å². The summed E-state index contributed by atoms with van der Waals surface area (Å²) in [6, 6.07) is 69.4. The molecular formula is C64H54Ge2N4OPt-2. The van der Waals surface area contributed by atoms with Crippen LogP contribution in [0.2, 0.25) is 33.5 Å². The van der Waals surface area contributed by atoms with Crippen LogP contribution in [0.15, 0.2) is 176 Å². The number of fused-ring (bicyclic) bond motifs is 11. The molecule has 8 heteroatoms. The van der Waals surface area contributed by atoms with Crippen LogP contribution in [0.4, 0.5) is 0 Å². The van der Waals surface area contributed by atoms with Crippen molar-refractivity contribution in [2.45, 2.75) is 59.7 Å². The van der Waals surface area contributed by atoms with E-state index in [0.29, 0.717) is 11.5 Å². The Labute approximate surface area is 442 Å². The zero-order valence-electron chi connectivity index (χ0n) is 41.7. The minimum atomic E-state index is -2.26. The van der Waals surface area contributed by atoms with Crippen molar-refractivity contribution in [2.24, 2.45) is 0 Å². The minimum absolute atomic E-state index is 0. The van der Waals surface area contributed by atoms with Gasteiger partial charge >= 0.3 is 289 Å². The second-order valence-electron chi connectivity index (χ2n) is 21.9. The topological polar surface area (TPSA) is 35.9 Å². The van der Waals surface area contributed by atoms with Crippen LogP contribution in [-0.4, -0.2) is 40.7 Å². The van der Waals surface area contributed by atoms with Crippen LogP contribution in [0.5, 0.6) is 11.5 Å². The first-order valence-corrected chi connectivity index (χ1v) is 38.4. The van der Waals surface area contributed by atoms with Gasteiger partial charge in [-0.2, -0.15) is 6.07 Å². The third kappa shape index (κ3) is 7.60. The number of nitrogens with zero attached hydrogens (tertiary/aromatic N) is 4. The van der Waals surface area contributed by atoms with Gasteiger partial charge in [-0.25, -0.2) is 4.98 Å². The fourth-order valence-corrected chi connectivity index (χ4v) is 41.9. The molecule has 0 fully saturated rings. The van der Waals surface area contributed by atoms with E-state index in [1.54, 1.807) is 8.79 Å². The van der Waals surface area contributed by atoms with Gasteiger partial charge in [0.1, 0.15) is 5.82 Å². The van der Waals surface area contributed by atoms with Crippen molar-refractivity contribution in [2.75, 3.05) is 0 Å². The van der Waals surface area contributed by atoms with Gasteiger partial charge in [0.25, 0.3) is 0 Å². The molecule has 0 atom stereocenters. The Kier molecular flexibility index (Phi) is 11.4. The van der Waals surface area contributed by atoms with Crippen molar-refractivity contribution in [3.63, 3.8) is 0 Å². The second-order valence-corrected chi connectivity index (χ2v) is 42.0. The number of para-hydroxylation sites is 3. The molecule has 0 unspecified atom stereocenters. The van der Waals surface area contributed by atoms with E-state index in [0.717, 1.165) is 55.6 Å². The molecule has 0 saturated heterocycles. The first-order chi connectivity index (χ1) is 34.3. The maximum atomic E-state index is 6.78. The molecule has 0 spiro atoms. The Bertz CT molecular complexity index is 3990. The third-order valence-electron chi connectivity index (χ3n) is 15.4. The smallest absolute Gasteiger partial charge is 0.159 e. The molecule has 0 saturated carbocycles. The standard InChI is InChI=1S/C64H54Ge2N4O.Pt/c1-64(2,3)43-33-36-67-61(38-43)70-58-27-13-12-23-52(58)53-31-30-46(40-60(53)70)71-45-18-14-17-44(39-45)68-41-69-62-47(42-29-32-56-57(37-42)66(6,7)35-34-65(56,4)5)24-15-25-54(62)50-21-10-8-19-48(50)49-20-9-11-22-51(49)55-26-16-28-59(68)63(55)69;/h8-33,36-38H,34-35H2,1-7H3;/q-2;. The summed E-state index contributed by atoms with van der Waals surface area (Å²) in [6.45, 7) is 6.71. The number of hydrogen-bond acceptors (Lipinski definition) is 2. The molecule has 0 N–H and O–H groups in total. The van der Waals surface area contributed by atoms with E-state index in [4.69, 9.17) is 9.72 Å². The number of hydrogen-bond donors (Lipinski definition) is 0. The van der Waals surface area contributed by atoms with Crippen LogP contribution in [0.25, 0.3) is 94.5 Å². The van der Waals surface area contributed by atoms with Gasteiger partial charge in [-0.05, 0) is 34.6 Å². The van der Waals surface area contributed by atoms with Gasteiger partial charge in [-0.1, -0.05) is 44.5 Å². The van der Waals surface area contributed by atoms with Gasteiger partial charge in [0.15, 0.2) is 0 Å². The van der Waals surface area contributed by atoms with Crippen LogP contribution in [-0.2, 0) is 26.5 Å². The molecule has 0 radical (unpaired) electrons. The molecule has 11 aromatic rings. The van der Waals surface area contributed by atoms with Gasteiger partial charge in [-0.15, -0.1) is 17.5 Å². The van der Waals surface area contributed by atoms with E-state index >= 15 is 0 Å². The van der Waals surface area contributed by atoms with E-state index in [1.165, 1.54) is 55.0 Å². The summed E-state index contributed by atoms with van der Waals surface area (Å²) in [5.74, 6) is 12.5. The average molecular weight is 1240 g/mol. The molecule has 0 amide bonds. The van der Waals surface area contributed by atoms with Gasteiger partial charge in [0.05, 0.1) is 0 Å². The zero-order valence-corrected chi connectivity index (χ0v) is 48.1. The summed E-state index contributed by atoms with van der Waals surface area (Å²) in [5.41, 5.74) is 16.8. The Morgan fingerprint density at radius 3 is 1.93 bits per heavy atom. The summed E-state index contributed by atoms with van der Waals surface area (Å²) in [4.78, 5) is 4.90. The van der Waals surface area contributed by atoms with Gasteiger partial charge < -0.3 is 4.57 Å². The van der Waals surface area contributed by atoms with Gasteiger partial charge in [0.2, 0.25) is 0 Å². The van der Waals surface area contributed by atoms with E-state index in [1.807, 2.05) is 24.4 Å². The quantitative estimate of drug-likeness (QED) is 0.0978. The van der Waals surface area contributed by atoms with E-state index < -0.39 is 26.5 Å². The molecule has 72 heavy (non-hydrogen) atoms. The van der Waals surface area contributed by atoms with Crippen molar-refractivity contribution >= 4 is 68.2 Å². The van der Waals surface area contributed by atoms with Crippen LogP contribution in [0.1, 0.15) is 26.3 Å². The summed E-state index contributed by atoms with van der Waals surface area (Å²) >= 11 is -4.39. The number of benzene rings is 8. The van der Waals surface area contributed by atoms with Crippen LogP contribution in [0, 0.1) is 18.5 Å². The van der Waals surface area contributed by atoms with E-state index in [2.05, 4.69) is 228 Å². The van der Waals surface area contributed by atoms with Crippen LogP contribution < -0.4 is 18.1 Å². The number of pyridine rings is 1. The summed E-state index contributed by atoms with van der Waals surface area (Å²) < 4.78 is 16.9. The number of ether oxygens (including phenoxy) is 1. The molecule has 8 aromatic carbocycles. The zero-order chi connectivity index (χ0) is 48.4. The van der Waals surface area contributed by atoms with Crippen LogP contribution in [0.3, 0.4) is 0 Å². The number of rotatable bonds is 5. The predicted octanol–water partition coefficient (Wildman–Crippen LogP) is 14.7. The van der Waals surface area contributed by atoms with Crippen molar-refractivity contribution in [1.82, 2.24) is 14.1 Å². The molecule has 3 aromatic heterocycles. The van der Waals surface area contributed by atoms with Crippen molar-refractivity contribution in [3.05, 3.63) is 200 Å². The van der Waals surface area contributed by atoms with Crippen molar-refractivity contribution in [3.8, 4) is 73.2 Å². The molecule has 356 valence electrons. The maximum absolute atomic E-state index is 6.78. The average Bonchev–Trinajstić information content (AvgIpc) is 3.94. The Hall–Kier alpha value is -6.25. The van der Waals surface area contributed by atoms with Gasteiger partial charge in [-0.3, -0.25) is 0 Å². The molecule has 0 bridgehead atoms. The monoisotopic (exact) mass is 1240 g/mol. The minimum Gasteiger partial charge on any atom is -0.159 e. The Morgan fingerprint density at radius 2 is 1.17 bits per heavy atom. The fraction of sp³-hybridized carbons (Fsp3) is 0.156. The first kappa shape index (κ1) is 46.8. The van der Waals surface area contributed by atoms with Crippen LogP contribution >= 0.6 is 0 Å². The Balaban J connectivity index is 0.00000530. The first-order valence-electron chi connectivity index (χ1n) is 24.9.